The maximum atomic E-state index is 12.7. The number of benzene rings is 1. The molecule has 1 heterocycles. The zero-order valence-electron chi connectivity index (χ0n) is 14.2. The molecule has 24 heavy (non-hydrogen) atoms. The van der Waals surface area contributed by atoms with Crippen LogP contribution in [0.25, 0.3) is 6.08 Å². The molecule has 3 rings (SSSR count). The normalized spacial score (nSPS) is 19.0. The van der Waals surface area contributed by atoms with E-state index in [0.717, 1.165) is 44.3 Å². The summed E-state index contributed by atoms with van der Waals surface area (Å²) in [4.78, 5) is 25.8. The second-order valence-electron chi connectivity index (χ2n) is 6.60. The lowest BCUT2D eigenvalue weighted by Gasteiger charge is -2.17. The molecule has 0 aromatic heterocycles. The minimum absolute atomic E-state index is 0.133. The number of fused-ring (bicyclic) bond motifs is 1. The lowest BCUT2D eigenvalue weighted by molar-refractivity contribution is -0.126. The van der Waals surface area contributed by atoms with Gasteiger partial charge in [0.05, 0.1) is 0 Å². The van der Waals surface area contributed by atoms with Crippen LogP contribution in [0, 0.1) is 5.92 Å². The van der Waals surface area contributed by atoms with Gasteiger partial charge >= 0.3 is 6.03 Å². The first-order chi connectivity index (χ1) is 11.7. The molecule has 0 saturated carbocycles. The summed E-state index contributed by atoms with van der Waals surface area (Å²) < 4.78 is 0. The van der Waals surface area contributed by atoms with Crippen LogP contribution in [0.2, 0.25) is 0 Å². The number of rotatable bonds is 5. The van der Waals surface area contributed by atoms with E-state index in [0.29, 0.717) is 12.5 Å². The number of nitrogens with zero attached hydrogens (tertiary/aromatic N) is 1. The fraction of sp³-hybridized carbons (Fsp3) is 0.474. The largest absolute Gasteiger partial charge is 0.341 e. The molecule has 3 amide bonds. The predicted molar refractivity (Wildman–Crippen MR) is 94.5 cm³/mol. The molecule has 1 aliphatic heterocycles. The third-order valence-corrected chi connectivity index (χ3v) is 4.92. The molecule has 5 heteroatoms. The van der Waals surface area contributed by atoms with Crippen LogP contribution in [-0.2, 0) is 11.2 Å². The Morgan fingerprint density at radius 1 is 1.29 bits per heavy atom. The molecule has 1 aromatic carbocycles. The van der Waals surface area contributed by atoms with Crippen molar-refractivity contribution in [1.82, 2.24) is 15.5 Å². The Morgan fingerprint density at radius 3 is 2.92 bits per heavy atom. The number of urea groups is 1. The minimum Gasteiger partial charge on any atom is -0.341 e. The molecule has 1 unspecified atom stereocenters. The predicted octanol–water partition coefficient (Wildman–Crippen LogP) is 2.18. The summed E-state index contributed by atoms with van der Waals surface area (Å²) in [6.45, 7) is 2.37. The summed E-state index contributed by atoms with van der Waals surface area (Å²) >= 11 is 0. The summed E-state index contributed by atoms with van der Waals surface area (Å²) in [5.41, 5.74) is 3.34. The van der Waals surface area contributed by atoms with Gasteiger partial charge in [0.2, 0.25) is 5.91 Å². The van der Waals surface area contributed by atoms with Gasteiger partial charge in [-0.1, -0.05) is 24.3 Å². The van der Waals surface area contributed by atoms with Gasteiger partial charge in [0.25, 0.3) is 0 Å². The summed E-state index contributed by atoms with van der Waals surface area (Å²) in [5.74, 6) is 0.738. The molecule has 2 aliphatic rings. The Kier molecular flexibility index (Phi) is 5.18. The first-order valence-electron chi connectivity index (χ1n) is 8.70. The highest BCUT2D eigenvalue weighted by Crippen LogP contribution is 2.28. The molecular weight excluding hydrogens is 302 g/mol. The number of carbonyl (C=O) groups excluding carboxylic acids is 2. The van der Waals surface area contributed by atoms with E-state index in [4.69, 9.17) is 0 Å². The smallest absolute Gasteiger partial charge is 0.314 e. The van der Waals surface area contributed by atoms with Crippen LogP contribution in [0.4, 0.5) is 4.79 Å². The number of hydrogen-bond acceptors (Lipinski definition) is 2. The molecule has 0 spiro atoms. The number of carbonyl (C=O) groups is 2. The molecule has 2 N–H and O–H groups in total. The highest BCUT2D eigenvalue weighted by atomic mass is 16.2. The average molecular weight is 327 g/mol. The van der Waals surface area contributed by atoms with Crippen molar-refractivity contribution >= 4 is 18.0 Å². The first-order valence-corrected chi connectivity index (χ1v) is 8.70. The van der Waals surface area contributed by atoms with E-state index >= 15 is 0 Å². The van der Waals surface area contributed by atoms with E-state index in [1.54, 1.807) is 7.05 Å². The molecule has 128 valence electrons. The second-order valence-corrected chi connectivity index (χ2v) is 6.60. The van der Waals surface area contributed by atoms with E-state index in [-0.39, 0.29) is 11.9 Å². The van der Waals surface area contributed by atoms with Crippen molar-refractivity contribution in [3.05, 3.63) is 41.0 Å². The van der Waals surface area contributed by atoms with Crippen LogP contribution in [-0.4, -0.2) is 43.5 Å². The van der Waals surface area contributed by atoms with E-state index in [1.165, 1.54) is 11.1 Å². The zero-order chi connectivity index (χ0) is 16.9. The first kappa shape index (κ1) is 16.6. The Bertz CT molecular complexity index is 654. The van der Waals surface area contributed by atoms with E-state index in [9.17, 15) is 9.59 Å². The van der Waals surface area contributed by atoms with Gasteiger partial charge in [-0.3, -0.25) is 4.79 Å². The fourth-order valence-electron chi connectivity index (χ4n) is 3.55. The van der Waals surface area contributed by atoms with Gasteiger partial charge in [-0.25, -0.2) is 4.79 Å². The van der Waals surface area contributed by atoms with Gasteiger partial charge in [0.15, 0.2) is 0 Å². The molecule has 1 aliphatic carbocycles. The van der Waals surface area contributed by atoms with Crippen molar-refractivity contribution in [3.8, 4) is 0 Å². The highest BCUT2D eigenvalue weighted by molar-refractivity contribution is 6.00. The third-order valence-electron chi connectivity index (χ3n) is 4.92. The number of nitrogens with one attached hydrogen (secondary N) is 2. The van der Waals surface area contributed by atoms with Crippen molar-refractivity contribution in [1.29, 1.82) is 0 Å². The van der Waals surface area contributed by atoms with Crippen molar-refractivity contribution < 1.29 is 9.59 Å². The standard InChI is InChI=1S/C19H25N3O2/c1-20-19(24)21-9-4-5-14-8-10-22(13-14)18(23)17-11-15-6-2-3-7-16(15)12-17/h2-3,6-7,11,14H,4-5,8-10,12-13H2,1H3,(H2,20,21,24). The summed E-state index contributed by atoms with van der Waals surface area (Å²) in [7, 11) is 1.62. The van der Waals surface area contributed by atoms with Gasteiger partial charge in [-0.2, -0.15) is 0 Å². The van der Waals surface area contributed by atoms with Crippen LogP contribution in [0.15, 0.2) is 29.8 Å². The minimum atomic E-state index is -0.133. The van der Waals surface area contributed by atoms with Crippen molar-refractivity contribution in [2.75, 3.05) is 26.7 Å². The molecule has 5 nitrogen and oxygen atoms in total. The highest BCUT2D eigenvalue weighted by Gasteiger charge is 2.29. The molecule has 1 fully saturated rings. The molecule has 1 aromatic rings. The van der Waals surface area contributed by atoms with Crippen molar-refractivity contribution in [2.24, 2.45) is 5.92 Å². The van der Waals surface area contributed by atoms with E-state index in [2.05, 4.69) is 22.8 Å². The van der Waals surface area contributed by atoms with Crippen molar-refractivity contribution in [2.45, 2.75) is 25.7 Å². The number of likely N-dealkylation sites (tertiary alicyclic amines) is 1. The van der Waals surface area contributed by atoms with Crippen LogP contribution in [0.5, 0.6) is 0 Å². The van der Waals surface area contributed by atoms with Crippen LogP contribution in [0.3, 0.4) is 0 Å². The van der Waals surface area contributed by atoms with Crippen LogP contribution >= 0.6 is 0 Å². The van der Waals surface area contributed by atoms with Crippen LogP contribution in [0.1, 0.15) is 30.4 Å². The maximum absolute atomic E-state index is 12.7. The summed E-state index contributed by atoms with van der Waals surface area (Å²) in [6, 6.07) is 8.08. The lowest BCUT2D eigenvalue weighted by atomic mass is 10.0. The second kappa shape index (κ2) is 7.51. The van der Waals surface area contributed by atoms with E-state index in [1.807, 2.05) is 23.1 Å². The SMILES string of the molecule is CNC(=O)NCCCC1CCN(C(=O)C2=Cc3ccccc3C2)C1. The van der Waals surface area contributed by atoms with Gasteiger partial charge in [0.1, 0.15) is 0 Å². The molecular formula is C19H25N3O2. The Morgan fingerprint density at radius 2 is 2.12 bits per heavy atom. The van der Waals surface area contributed by atoms with E-state index < -0.39 is 0 Å². The van der Waals surface area contributed by atoms with Gasteiger partial charge in [-0.15, -0.1) is 0 Å². The molecule has 1 atom stereocenters. The topological polar surface area (TPSA) is 61.4 Å². The quantitative estimate of drug-likeness (QED) is 0.814. The van der Waals surface area contributed by atoms with Gasteiger partial charge in [-0.05, 0) is 42.4 Å². The van der Waals surface area contributed by atoms with Crippen LogP contribution < -0.4 is 10.6 Å². The number of amides is 3. The van der Waals surface area contributed by atoms with Gasteiger partial charge in [0, 0.05) is 38.7 Å². The maximum Gasteiger partial charge on any atom is 0.314 e. The monoisotopic (exact) mass is 327 g/mol. The van der Waals surface area contributed by atoms with Crippen molar-refractivity contribution in [3.63, 3.8) is 0 Å². The lowest BCUT2D eigenvalue weighted by Crippen LogP contribution is -2.33. The molecule has 0 radical (unpaired) electrons. The molecule has 0 bridgehead atoms. The Labute approximate surface area is 143 Å². The summed E-state index contributed by atoms with van der Waals surface area (Å²) in [6.07, 6.45) is 5.86. The Balaban J connectivity index is 1.45. The summed E-state index contributed by atoms with van der Waals surface area (Å²) in [5, 5.41) is 5.35. The number of hydrogen-bond donors (Lipinski definition) is 2. The zero-order valence-corrected chi connectivity index (χ0v) is 14.2. The third kappa shape index (κ3) is 3.78. The Hall–Kier alpha value is -2.30. The fourth-order valence-corrected chi connectivity index (χ4v) is 3.55. The average Bonchev–Trinajstić information content (AvgIpc) is 3.24. The molecule has 1 saturated heterocycles. The van der Waals surface area contributed by atoms with Gasteiger partial charge < -0.3 is 15.5 Å².